The Hall–Kier alpha value is -1.10. The Balaban J connectivity index is 0.00000225. The zero-order chi connectivity index (χ0) is 17.0. The summed E-state index contributed by atoms with van der Waals surface area (Å²) < 4.78 is 5.42. The van der Waals surface area contributed by atoms with Gasteiger partial charge in [-0.05, 0) is 38.2 Å². The van der Waals surface area contributed by atoms with Crippen molar-refractivity contribution >= 4 is 18.3 Å². The van der Waals surface area contributed by atoms with Crippen molar-refractivity contribution < 1.29 is 9.53 Å². The van der Waals surface area contributed by atoms with Crippen molar-refractivity contribution in [2.45, 2.75) is 50.9 Å². The minimum absolute atomic E-state index is 0. The summed E-state index contributed by atoms with van der Waals surface area (Å²) in [5, 5.41) is 3.27. The fraction of sp³-hybridized carbons (Fsp3) is 0.650. The number of hydrogen-bond donors (Lipinski definition) is 2. The Bertz CT molecular complexity index is 579. The van der Waals surface area contributed by atoms with Gasteiger partial charge in [0.05, 0.1) is 5.41 Å². The van der Waals surface area contributed by atoms with Crippen LogP contribution in [-0.4, -0.2) is 32.2 Å². The van der Waals surface area contributed by atoms with E-state index in [-0.39, 0.29) is 23.7 Å². The first-order valence-electron chi connectivity index (χ1n) is 9.24. The highest BCUT2D eigenvalue weighted by Crippen LogP contribution is 2.41. The molecule has 5 heteroatoms. The molecule has 1 heterocycles. The molecule has 1 aromatic rings. The van der Waals surface area contributed by atoms with Gasteiger partial charge in [0, 0.05) is 31.7 Å². The molecule has 4 nitrogen and oxygen atoms in total. The first-order valence-corrected chi connectivity index (χ1v) is 9.24. The van der Waals surface area contributed by atoms with E-state index in [2.05, 4.69) is 36.5 Å². The van der Waals surface area contributed by atoms with Crippen molar-refractivity contribution in [3.63, 3.8) is 0 Å². The normalized spacial score (nSPS) is 21.4. The maximum Gasteiger partial charge on any atom is 0.227 e. The van der Waals surface area contributed by atoms with E-state index in [0.717, 1.165) is 32.2 Å². The average molecular weight is 367 g/mol. The quantitative estimate of drug-likeness (QED) is 0.841. The van der Waals surface area contributed by atoms with Crippen LogP contribution >= 0.6 is 12.4 Å². The molecular weight excluding hydrogens is 336 g/mol. The standard InChI is InChI=1S/C20H30N2O2.ClH/c1-16-5-4-6-17(13-16)20(7-2-3-8-20)15-22-18(23)19(14-21)9-11-24-12-10-19;/h4-6,13H,2-3,7-12,14-15,21H2,1H3,(H,22,23);1H. The zero-order valence-electron chi connectivity index (χ0n) is 15.2. The number of benzene rings is 1. The lowest BCUT2D eigenvalue weighted by Crippen LogP contribution is -2.51. The number of ether oxygens (including phenoxy) is 1. The fourth-order valence-corrected chi connectivity index (χ4v) is 4.32. The van der Waals surface area contributed by atoms with Gasteiger partial charge in [0.2, 0.25) is 5.91 Å². The summed E-state index contributed by atoms with van der Waals surface area (Å²) in [5.74, 6) is 0.118. The number of nitrogens with two attached hydrogens (primary N) is 1. The van der Waals surface area contributed by atoms with Gasteiger partial charge in [-0.2, -0.15) is 0 Å². The molecule has 140 valence electrons. The predicted octanol–water partition coefficient (Wildman–Crippen LogP) is 3.10. The first kappa shape index (κ1) is 20.2. The lowest BCUT2D eigenvalue weighted by molar-refractivity contribution is -0.136. The zero-order valence-corrected chi connectivity index (χ0v) is 16.0. The number of nitrogens with one attached hydrogen (secondary N) is 1. The summed E-state index contributed by atoms with van der Waals surface area (Å²) in [6, 6.07) is 8.77. The van der Waals surface area contributed by atoms with Crippen molar-refractivity contribution in [2.24, 2.45) is 11.1 Å². The van der Waals surface area contributed by atoms with Gasteiger partial charge in [0.25, 0.3) is 0 Å². The summed E-state index contributed by atoms with van der Waals surface area (Å²) in [7, 11) is 0. The number of rotatable bonds is 5. The molecule has 2 fully saturated rings. The van der Waals surface area contributed by atoms with E-state index >= 15 is 0 Å². The van der Waals surface area contributed by atoms with Crippen LogP contribution in [-0.2, 0) is 14.9 Å². The van der Waals surface area contributed by atoms with E-state index in [1.165, 1.54) is 24.0 Å². The van der Waals surface area contributed by atoms with Crippen LogP contribution in [0.4, 0.5) is 0 Å². The number of carbonyl (C=O) groups excluding carboxylic acids is 1. The molecule has 1 aliphatic heterocycles. The summed E-state index contributed by atoms with van der Waals surface area (Å²) in [6.45, 7) is 4.52. The van der Waals surface area contributed by atoms with Gasteiger partial charge in [-0.15, -0.1) is 12.4 Å². The minimum atomic E-state index is -0.440. The van der Waals surface area contributed by atoms with Crippen LogP contribution in [0.5, 0.6) is 0 Å². The first-order chi connectivity index (χ1) is 11.6. The number of halogens is 1. The van der Waals surface area contributed by atoms with Gasteiger partial charge < -0.3 is 15.8 Å². The van der Waals surface area contributed by atoms with E-state index < -0.39 is 5.41 Å². The largest absolute Gasteiger partial charge is 0.381 e. The number of hydrogen-bond acceptors (Lipinski definition) is 3. The van der Waals surface area contributed by atoms with Crippen LogP contribution < -0.4 is 11.1 Å². The Labute approximate surface area is 157 Å². The summed E-state index contributed by atoms with van der Waals surface area (Å²) in [5.41, 5.74) is 8.27. The topological polar surface area (TPSA) is 64.4 Å². The molecule has 1 aromatic carbocycles. The monoisotopic (exact) mass is 366 g/mol. The summed E-state index contributed by atoms with van der Waals surface area (Å²) in [6.07, 6.45) is 6.23. The van der Waals surface area contributed by atoms with Crippen LogP contribution in [0.3, 0.4) is 0 Å². The molecule has 0 bridgehead atoms. The number of amides is 1. The second-order valence-electron chi connectivity index (χ2n) is 7.64. The van der Waals surface area contributed by atoms with Crippen LogP contribution in [0.1, 0.15) is 49.7 Å². The minimum Gasteiger partial charge on any atom is -0.381 e. The molecule has 1 amide bonds. The fourth-order valence-electron chi connectivity index (χ4n) is 4.32. The van der Waals surface area contributed by atoms with Crippen molar-refractivity contribution in [3.05, 3.63) is 35.4 Å². The summed E-state index contributed by atoms with van der Waals surface area (Å²) in [4.78, 5) is 12.9. The molecule has 0 atom stereocenters. The van der Waals surface area contributed by atoms with Crippen molar-refractivity contribution in [1.82, 2.24) is 5.32 Å². The van der Waals surface area contributed by atoms with Crippen molar-refractivity contribution in [2.75, 3.05) is 26.3 Å². The third-order valence-corrected chi connectivity index (χ3v) is 6.10. The molecule has 0 aromatic heterocycles. The third kappa shape index (κ3) is 4.18. The lowest BCUT2D eigenvalue weighted by atomic mass is 9.76. The third-order valence-electron chi connectivity index (χ3n) is 6.10. The maximum atomic E-state index is 12.9. The molecule has 3 N–H and O–H groups in total. The Morgan fingerprint density at radius 3 is 2.48 bits per heavy atom. The second-order valence-corrected chi connectivity index (χ2v) is 7.64. The molecule has 1 saturated heterocycles. The molecule has 3 rings (SSSR count). The van der Waals surface area contributed by atoms with Crippen LogP contribution in [0.2, 0.25) is 0 Å². The Morgan fingerprint density at radius 2 is 1.88 bits per heavy atom. The van der Waals surface area contributed by atoms with Crippen LogP contribution in [0.25, 0.3) is 0 Å². The van der Waals surface area contributed by atoms with Crippen LogP contribution in [0, 0.1) is 12.3 Å². The highest BCUT2D eigenvalue weighted by molar-refractivity contribution is 5.85. The molecule has 0 spiro atoms. The molecule has 25 heavy (non-hydrogen) atoms. The molecule has 0 unspecified atom stereocenters. The predicted molar refractivity (Wildman–Crippen MR) is 103 cm³/mol. The molecule has 1 saturated carbocycles. The van der Waals surface area contributed by atoms with Gasteiger partial charge >= 0.3 is 0 Å². The van der Waals surface area contributed by atoms with Gasteiger partial charge in [-0.1, -0.05) is 42.7 Å². The van der Waals surface area contributed by atoms with Gasteiger partial charge in [-0.3, -0.25) is 4.79 Å². The average Bonchev–Trinajstić information content (AvgIpc) is 3.10. The van der Waals surface area contributed by atoms with E-state index in [1.807, 2.05) is 0 Å². The van der Waals surface area contributed by atoms with Gasteiger partial charge in [0.1, 0.15) is 0 Å². The molecule has 1 aliphatic carbocycles. The highest BCUT2D eigenvalue weighted by Gasteiger charge is 2.41. The molecule has 0 radical (unpaired) electrons. The van der Waals surface area contributed by atoms with Crippen LogP contribution in [0.15, 0.2) is 24.3 Å². The molecule has 2 aliphatic rings. The SMILES string of the molecule is Cc1cccc(C2(CNC(=O)C3(CN)CCOCC3)CCCC2)c1.Cl. The molecular formula is C20H31ClN2O2. The van der Waals surface area contributed by atoms with E-state index in [4.69, 9.17) is 10.5 Å². The Kier molecular flexibility index (Phi) is 6.89. The number of aryl methyl sites for hydroxylation is 1. The lowest BCUT2D eigenvalue weighted by Gasteiger charge is -2.37. The summed E-state index contributed by atoms with van der Waals surface area (Å²) >= 11 is 0. The van der Waals surface area contributed by atoms with Gasteiger partial charge in [-0.25, -0.2) is 0 Å². The maximum absolute atomic E-state index is 12.9. The smallest absolute Gasteiger partial charge is 0.227 e. The van der Waals surface area contributed by atoms with E-state index in [9.17, 15) is 4.79 Å². The highest BCUT2D eigenvalue weighted by atomic mass is 35.5. The van der Waals surface area contributed by atoms with Gasteiger partial charge in [0.15, 0.2) is 0 Å². The second kappa shape index (κ2) is 8.52. The Morgan fingerprint density at radius 1 is 1.20 bits per heavy atom. The van der Waals surface area contributed by atoms with Crippen molar-refractivity contribution in [1.29, 1.82) is 0 Å². The number of carbonyl (C=O) groups is 1. The van der Waals surface area contributed by atoms with E-state index in [0.29, 0.717) is 19.8 Å². The van der Waals surface area contributed by atoms with Crippen molar-refractivity contribution in [3.8, 4) is 0 Å². The van der Waals surface area contributed by atoms with E-state index in [1.54, 1.807) is 0 Å².